The molecule has 138 valence electrons. The number of carbonyl (C=O) groups excluding carboxylic acids is 2. The molecule has 1 amide bonds. The van der Waals surface area contributed by atoms with E-state index in [2.05, 4.69) is 10.3 Å². The fourth-order valence-electron chi connectivity index (χ4n) is 1.95. The summed E-state index contributed by atoms with van der Waals surface area (Å²) in [5, 5.41) is 2.36. The molecule has 26 heavy (non-hydrogen) atoms. The van der Waals surface area contributed by atoms with Gasteiger partial charge in [-0.25, -0.2) is 9.59 Å². The first-order valence-corrected chi connectivity index (χ1v) is 8.00. The van der Waals surface area contributed by atoms with Gasteiger partial charge >= 0.3 is 17.8 Å². The first-order valence-electron chi connectivity index (χ1n) is 8.00. The van der Waals surface area contributed by atoms with Gasteiger partial charge in [0.25, 0.3) is 0 Å². The number of nitrogens with zero attached hydrogens (tertiary/aromatic N) is 2. The Balaban J connectivity index is 1.91. The van der Waals surface area contributed by atoms with E-state index in [4.69, 9.17) is 9.47 Å². The van der Waals surface area contributed by atoms with Gasteiger partial charge in [-0.3, -0.25) is 14.7 Å². The Bertz CT molecular complexity index is 825. The topological polar surface area (TPSA) is 99.5 Å². The normalized spacial score (nSPS) is 10.9. The highest BCUT2D eigenvalue weighted by Crippen LogP contribution is 2.09. The molecule has 0 radical (unpaired) electrons. The summed E-state index contributed by atoms with van der Waals surface area (Å²) in [6.45, 7) is 5.02. The molecule has 1 heterocycles. The van der Waals surface area contributed by atoms with Crippen molar-refractivity contribution >= 4 is 17.9 Å². The summed E-state index contributed by atoms with van der Waals surface area (Å²) in [5.41, 5.74) is -0.500. The van der Waals surface area contributed by atoms with E-state index in [1.165, 1.54) is 12.3 Å². The van der Waals surface area contributed by atoms with Crippen molar-refractivity contribution in [2.75, 3.05) is 5.32 Å². The van der Waals surface area contributed by atoms with E-state index in [0.717, 1.165) is 10.1 Å². The van der Waals surface area contributed by atoms with Gasteiger partial charge < -0.3 is 9.47 Å². The summed E-state index contributed by atoms with van der Waals surface area (Å²) < 4.78 is 11.3. The van der Waals surface area contributed by atoms with Gasteiger partial charge in [-0.2, -0.15) is 4.98 Å². The molecule has 2 rings (SSSR count). The number of hydrogen-bond donors (Lipinski definition) is 1. The minimum absolute atomic E-state index is 0.0400. The minimum Gasteiger partial charge on any atom is -0.459 e. The first kappa shape index (κ1) is 19.2. The molecule has 2 aromatic rings. The molecule has 8 heteroatoms. The maximum absolute atomic E-state index is 12.0. The second kappa shape index (κ2) is 8.28. The highest BCUT2D eigenvalue weighted by Gasteiger charge is 2.17. The maximum atomic E-state index is 12.0. The number of hydrogen-bond acceptors (Lipinski definition) is 6. The lowest BCUT2D eigenvalue weighted by molar-refractivity contribution is -0.145. The van der Waals surface area contributed by atoms with Crippen molar-refractivity contribution < 1.29 is 19.1 Å². The number of benzene rings is 1. The zero-order chi connectivity index (χ0) is 19.2. The Labute approximate surface area is 150 Å². The monoisotopic (exact) mass is 359 g/mol. The van der Waals surface area contributed by atoms with Crippen LogP contribution in [0.25, 0.3) is 0 Å². The molecule has 0 fully saturated rings. The number of rotatable bonds is 5. The summed E-state index contributed by atoms with van der Waals surface area (Å²) in [6, 6.07) is 10.6. The average Bonchev–Trinajstić information content (AvgIpc) is 2.55. The van der Waals surface area contributed by atoms with E-state index < -0.39 is 23.4 Å². The standard InChI is InChI=1S/C18H21N3O5/c1-18(2,3)26-17(24)20-14-9-10-21(16(23)19-14)11-15(22)25-12-13-7-5-4-6-8-13/h4-10H,11-12H2,1-3H3,(H,19,20,23,24). The predicted octanol–water partition coefficient (Wildman–Crippen LogP) is 2.33. The van der Waals surface area contributed by atoms with Gasteiger partial charge in [0, 0.05) is 6.20 Å². The zero-order valence-electron chi connectivity index (χ0n) is 14.9. The molecule has 0 spiro atoms. The Kier molecular flexibility index (Phi) is 6.11. The Hall–Kier alpha value is -3.16. The van der Waals surface area contributed by atoms with Gasteiger partial charge in [0.05, 0.1) is 0 Å². The van der Waals surface area contributed by atoms with E-state index in [0.29, 0.717) is 0 Å². The van der Waals surface area contributed by atoms with Gasteiger partial charge in [-0.05, 0) is 32.4 Å². The SMILES string of the molecule is CC(C)(C)OC(=O)Nc1ccn(CC(=O)OCc2ccccc2)c(=O)n1. The fraction of sp³-hybridized carbons (Fsp3) is 0.333. The van der Waals surface area contributed by atoms with Crippen molar-refractivity contribution in [3.05, 3.63) is 58.6 Å². The van der Waals surface area contributed by atoms with Crippen molar-refractivity contribution in [2.45, 2.75) is 39.5 Å². The molecular formula is C18H21N3O5. The zero-order valence-corrected chi connectivity index (χ0v) is 14.9. The Morgan fingerprint density at radius 1 is 1.15 bits per heavy atom. The smallest absolute Gasteiger partial charge is 0.413 e. The molecule has 1 aromatic heterocycles. The van der Waals surface area contributed by atoms with Crippen molar-refractivity contribution in [1.82, 2.24) is 9.55 Å². The third-order valence-electron chi connectivity index (χ3n) is 3.05. The molecule has 0 unspecified atom stereocenters. The number of aromatic nitrogens is 2. The van der Waals surface area contributed by atoms with Crippen molar-refractivity contribution in [2.24, 2.45) is 0 Å². The van der Waals surface area contributed by atoms with Crippen molar-refractivity contribution in [1.29, 1.82) is 0 Å². The molecule has 1 aromatic carbocycles. The Morgan fingerprint density at radius 2 is 1.85 bits per heavy atom. The average molecular weight is 359 g/mol. The third-order valence-corrected chi connectivity index (χ3v) is 3.05. The van der Waals surface area contributed by atoms with Crippen LogP contribution in [-0.4, -0.2) is 27.2 Å². The lowest BCUT2D eigenvalue weighted by Crippen LogP contribution is -2.30. The quantitative estimate of drug-likeness (QED) is 0.823. The van der Waals surface area contributed by atoms with Crippen LogP contribution in [0, 0.1) is 0 Å². The number of anilines is 1. The minimum atomic E-state index is -0.718. The van der Waals surface area contributed by atoms with Gasteiger partial charge in [0.15, 0.2) is 0 Å². The number of nitrogens with one attached hydrogen (secondary N) is 1. The molecule has 0 aliphatic heterocycles. The molecular weight excluding hydrogens is 338 g/mol. The molecule has 0 aliphatic carbocycles. The summed E-state index contributed by atoms with van der Waals surface area (Å²) in [4.78, 5) is 39.2. The molecule has 0 saturated carbocycles. The molecule has 0 atom stereocenters. The molecule has 0 saturated heterocycles. The molecule has 8 nitrogen and oxygen atoms in total. The molecule has 0 bridgehead atoms. The summed E-state index contributed by atoms with van der Waals surface area (Å²) >= 11 is 0. The van der Waals surface area contributed by atoms with Gasteiger partial charge in [0.2, 0.25) is 0 Å². The van der Waals surface area contributed by atoms with Crippen LogP contribution in [0.5, 0.6) is 0 Å². The number of carbonyl (C=O) groups is 2. The first-order chi connectivity index (χ1) is 12.2. The highest BCUT2D eigenvalue weighted by atomic mass is 16.6. The molecule has 0 aliphatic rings. The van der Waals surface area contributed by atoms with Gasteiger partial charge in [-0.1, -0.05) is 30.3 Å². The van der Waals surface area contributed by atoms with Crippen LogP contribution >= 0.6 is 0 Å². The maximum Gasteiger partial charge on any atom is 0.413 e. The number of amides is 1. The summed E-state index contributed by atoms with van der Waals surface area (Å²) in [6.07, 6.45) is 0.635. The van der Waals surface area contributed by atoms with E-state index in [1.807, 2.05) is 30.3 Å². The highest BCUT2D eigenvalue weighted by molar-refractivity contribution is 5.83. The van der Waals surface area contributed by atoms with Crippen molar-refractivity contribution in [3.8, 4) is 0 Å². The van der Waals surface area contributed by atoms with Crippen LogP contribution < -0.4 is 11.0 Å². The third kappa shape index (κ3) is 6.39. The van der Waals surface area contributed by atoms with E-state index in [-0.39, 0.29) is 19.0 Å². The van der Waals surface area contributed by atoms with Crippen LogP contribution in [0.1, 0.15) is 26.3 Å². The van der Waals surface area contributed by atoms with Crippen LogP contribution in [0.15, 0.2) is 47.4 Å². The summed E-state index contributed by atoms with van der Waals surface area (Å²) in [7, 11) is 0. The van der Waals surface area contributed by atoms with Crippen molar-refractivity contribution in [3.63, 3.8) is 0 Å². The predicted molar refractivity (Wildman–Crippen MR) is 94.6 cm³/mol. The second-order valence-corrected chi connectivity index (χ2v) is 6.50. The van der Waals surface area contributed by atoms with Crippen LogP contribution in [0.3, 0.4) is 0 Å². The van der Waals surface area contributed by atoms with Crippen LogP contribution in [0.4, 0.5) is 10.6 Å². The lowest BCUT2D eigenvalue weighted by atomic mass is 10.2. The van der Waals surface area contributed by atoms with E-state index in [9.17, 15) is 14.4 Å². The number of esters is 1. The second-order valence-electron chi connectivity index (χ2n) is 6.50. The van der Waals surface area contributed by atoms with E-state index in [1.54, 1.807) is 20.8 Å². The summed E-state index contributed by atoms with van der Waals surface area (Å²) in [5.74, 6) is -0.524. The Morgan fingerprint density at radius 3 is 2.46 bits per heavy atom. The van der Waals surface area contributed by atoms with Crippen LogP contribution in [0.2, 0.25) is 0 Å². The lowest BCUT2D eigenvalue weighted by Gasteiger charge is -2.19. The fourth-order valence-corrected chi connectivity index (χ4v) is 1.95. The number of ether oxygens (including phenoxy) is 2. The molecule has 1 N–H and O–H groups in total. The van der Waals surface area contributed by atoms with Crippen LogP contribution in [-0.2, 0) is 27.4 Å². The largest absolute Gasteiger partial charge is 0.459 e. The van der Waals surface area contributed by atoms with Gasteiger partial charge in [0.1, 0.15) is 24.6 Å². The van der Waals surface area contributed by atoms with Gasteiger partial charge in [-0.15, -0.1) is 0 Å². The van der Waals surface area contributed by atoms with E-state index >= 15 is 0 Å².